The van der Waals surface area contributed by atoms with E-state index in [0.29, 0.717) is 28.3 Å². The topological polar surface area (TPSA) is 95.2 Å². The van der Waals surface area contributed by atoms with Crippen molar-refractivity contribution in [2.24, 2.45) is 5.73 Å². The van der Waals surface area contributed by atoms with Crippen LogP contribution < -0.4 is 10.5 Å². The highest BCUT2D eigenvalue weighted by Gasteiger charge is 2.19. The van der Waals surface area contributed by atoms with Gasteiger partial charge in [-0.15, -0.1) is 0 Å². The van der Waals surface area contributed by atoms with Gasteiger partial charge in [-0.25, -0.2) is 0 Å². The van der Waals surface area contributed by atoms with Gasteiger partial charge >= 0.3 is 0 Å². The van der Waals surface area contributed by atoms with E-state index in [9.17, 15) is 4.79 Å². The number of rotatable bonds is 4. The number of ether oxygens (including phenoxy) is 1. The summed E-state index contributed by atoms with van der Waals surface area (Å²) in [4.78, 5) is 16.4. The molecular weight excluding hydrogens is 340 g/mol. The molecule has 128 valence electrons. The second kappa shape index (κ2) is 6.86. The van der Waals surface area contributed by atoms with Gasteiger partial charge in [0.2, 0.25) is 0 Å². The monoisotopic (exact) mass is 356 g/mol. The number of hydrogen-bond acceptors (Lipinski definition) is 3. The first-order valence-corrected chi connectivity index (χ1v) is 7.95. The molecule has 6 nitrogen and oxygen atoms in total. The maximum atomic E-state index is 12.3. The highest BCUT2D eigenvalue weighted by atomic mass is 35.5. The zero-order valence-electron chi connectivity index (χ0n) is 13.5. The summed E-state index contributed by atoms with van der Waals surface area (Å²) in [5.74, 6) is -0.170. The first kappa shape index (κ1) is 16.9. The van der Waals surface area contributed by atoms with Crippen LogP contribution in [0, 0.1) is 5.41 Å². The predicted molar refractivity (Wildman–Crippen MR) is 98.1 cm³/mol. The van der Waals surface area contributed by atoms with Crippen LogP contribution in [-0.2, 0) is 6.61 Å². The van der Waals surface area contributed by atoms with Crippen molar-refractivity contribution in [2.45, 2.75) is 6.61 Å². The molecule has 0 aliphatic rings. The second-order valence-corrected chi connectivity index (χ2v) is 5.95. The van der Waals surface area contributed by atoms with Crippen molar-refractivity contribution in [1.29, 1.82) is 5.41 Å². The molecule has 0 spiro atoms. The number of nitrogens with zero attached hydrogens (tertiary/aromatic N) is 1. The van der Waals surface area contributed by atoms with E-state index in [1.807, 2.05) is 30.3 Å². The molecule has 0 saturated heterocycles. The summed E-state index contributed by atoms with van der Waals surface area (Å²) in [6, 6.07) is 14.9. The number of H-pyrrole nitrogens is 1. The highest BCUT2D eigenvalue weighted by Crippen LogP contribution is 2.32. The first-order chi connectivity index (χ1) is 12.0. The average Bonchev–Trinajstić information content (AvgIpc) is 3.07. The largest absolute Gasteiger partial charge is 0.487 e. The van der Waals surface area contributed by atoms with Crippen molar-refractivity contribution in [1.82, 2.24) is 9.88 Å². The molecule has 25 heavy (non-hydrogen) atoms. The van der Waals surface area contributed by atoms with Crippen LogP contribution >= 0.6 is 11.6 Å². The summed E-state index contributed by atoms with van der Waals surface area (Å²) >= 11 is 6.24. The number of carbonyl (C=O) groups is 1. The minimum absolute atomic E-state index is 0.283. The van der Waals surface area contributed by atoms with Gasteiger partial charge in [-0.1, -0.05) is 41.9 Å². The van der Waals surface area contributed by atoms with E-state index in [1.54, 1.807) is 18.2 Å². The van der Waals surface area contributed by atoms with E-state index in [0.717, 1.165) is 10.5 Å². The molecule has 0 fully saturated rings. The zero-order valence-corrected chi connectivity index (χ0v) is 14.3. The Morgan fingerprint density at radius 1 is 1.28 bits per heavy atom. The van der Waals surface area contributed by atoms with E-state index in [1.165, 1.54) is 7.05 Å². The number of aromatic nitrogens is 1. The summed E-state index contributed by atoms with van der Waals surface area (Å²) in [7, 11) is 1.44. The molecule has 3 aromatic rings. The lowest BCUT2D eigenvalue weighted by Crippen LogP contribution is -2.38. The number of benzene rings is 2. The molecule has 0 bridgehead atoms. The maximum Gasteiger partial charge on any atom is 0.276 e. The third-order valence-electron chi connectivity index (χ3n) is 3.84. The number of guanidine groups is 1. The molecule has 0 atom stereocenters. The van der Waals surface area contributed by atoms with Gasteiger partial charge in [0.25, 0.3) is 5.91 Å². The predicted octanol–water partition coefficient (Wildman–Crippen LogP) is 3.37. The van der Waals surface area contributed by atoms with Crippen molar-refractivity contribution < 1.29 is 9.53 Å². The van der Waals surface area contributed by atoms with Crippen molar-refractivity contribution in [3.8, 4) is 5.75 Å². The van der Waals surface area contributed by atoms with Gasteiger partial charge in [0, 0.05) is 12.4 Å². The fourth-order valence-corrected chi connectivity index (χ4v) is 2.63. The summed E-state index contributed by atoms with van der Waals surface area (Å²) in [6.45, 7) is 0.396. The van der Waals surface area contributed by atoms with E-state index >= 15 is 0 Å². The molecule has 4 N–H and O–H groups in total. The standard InChI is InChI=1S/C18H17ClN4O2/c1-23(18(20)21)17(24)14-9-12-13(19)7-8-15(16(12)22-14)25-10-11-5-3-2-4-6-11/h2-9,22H,10H2,1H3,(H3,20,21). The third kappa shape index (κ3) is 3.44. The molecule has 0 unspecified atom stereocenters. The number of hydrogen-bond donors (Lipinski definition) is 3. The molecule has 1 amide bonds. The second-order valence-electron chi connectivity index (χ2n) is 5.54. The Kier molecular flexibility index (Phi) is 4.63. The Hall–Kier alpha value is -2.99. The van der Waals surface area contributed by atoms with E-state index in [2.05, 4.69) is 4.98 Å². The van der Waals surface area contributed by atoms with Crippen molar-refractivity contribution in [2.75, 3.05) is 7.05 Å². The summed E-state index contributed by atoms with van der Waals surface area (Å²) in [5, 5.41) is 8.55. The summed E-state index contributed by atoms with van der Waals surface area (Å²) < 4.78 is 5.88. The molecule has 7 heteroatoms. The Morgan fingerprint density at radius 2 is 2.00 bits per heavy atom. The molecule has 1 aromatic heterocycles. The normalized spacial score (nSPS) is 10.6. The van der Waals surface area contributed by atoms with Gasteiger partial charge in [-0.3, -0.25) is 15.1 Å². The molecule has 0 radical (unpaired) electrons. The van der Waals surface area contributed by atoms with Crippen LogP contribution in [0.2, 0.25) is 5.02 Å². The number of nitrogens with one attached hydrogen (secondary N) is 2. The molecule has 1 heterocycles. The van der Waals surface area contributed by atoms with E-state index in [4.69, 9.17) is 27.5 Å². The minimum atomic E-state index is -0.422. The van der Waals surface area contributed by atoms with Crippen molar-refractivity contribution in [3.63, 3.8) is 0 Å². The Balaban J connectivity index is 1.93. The maximum absolute atomic E-state index is 12.3. The summed E-state index contributed by atoms with van der Waals surface area (Å²) in [6.07, 6.45) is 0. The molecule has 0 aliphatic carbocycles. The smallest absolute Gasteiger partial charge is 0.276 e. The summed E-state index contributed by atoms with van der Waals surface area (Å²) in [5.41, 5.74) is 7.31. The van der Waals surface area contributed by atoms with Gasteiger partial charge in [-0.2, -0.15) is 0 Å². The lowest BCUT2D eigenvalue weighted by molar-refractivity contribution is 0.0864. The van der Waals surface area contributed by atoms with Crippen LogP contribution in [-0.4, -0.2) is 28.8 Å². The van der Waals surface area contributed by atoms with Crippen molar-refractivity contribution >= 4 is 34.4 Å². The fraction of sp³-hybridized carbons (Fsp3) is 0.111. The lowest BCUT2D eigenvalue weighted by atomic mass is 10.2. The fourth-order valence-electron chi connectivity index (χ4n) is 2.42. The first-order valence-electron chi connectivity index (χ1n) is 7.57. The number of halogens is 1. The van der Waals surface area contributed by atoms with Crippen LogP contribution in [0.5, 0.6) is 5.75 Å². The van der Waals surface area contributed by atoms with Crippen molar-refractivity contribution in [3.05, 3.63) is 64.8 Å². The quantitative estimate of drug-likeness (QED) is 0.494. The Morgan fingerprint density at radius 3 is 2.68 bits per heavy atom. The van der Waals surface area contributed by atoms with Crippen LogP contribution in [0.1, 0.15) is 16.1 Å². The minimum Gasteiger partial charge on any atom is -0.487 e. The number of carbonyl (C=O) groups excluding carboxylic acids is 1. The van der Waals surface area contributed by atoms with Gasteiger partial charge < -0.3 is 15.5 Å². The van der Waals surface area contributed by atoms with Crippen LogP contribution in [0.15, 0.2) is 48.5 Å². The third-order valence-corrected chi connectivity index (χ3v) is 4.17. The molecule has 0 saturated carbocycles. The SMILES string of the molecule is CN(C(=N)N)C(=O)c1cc2c(Cl)ccc(OCc3ccccc3)c2[nH]1. The van der Waals surface area contributed by atoms with Gasteiger partial charge in [0.15, 0.2) is 5.96 Å². The number of aromatic amines is 1. The number of fused-ring (bicyclic) bond motifs is 1. The zero-order chi connectivity index (χ0) is 18.0. The van der Waals surface area contributed by atoms with Gasteiger partial charge in [-0.05, 0) is 23.8 Å². The van der Waals surface area contributed by atoms with Crippen LogP contribution in [0.25, 0.3) is 10.9 Å². The molecule has 2 aromatic carbocycles. The lowest BCUT2D eigenvalue weighted by Gasteiger charge is -2.12. The van der Waals surface area contributed by atoms with Gasteiger partial charge in [0.1, 0.15) is 18.1 Å². The molecule has 0 aliphatic heterocycles. The molecular formula is C18H17ClN4O2. The molecule has 3 rings (SSSR count). The Bertz CT molecular complexity index is 937. The van der Waals surface area contributed by atoms with Crippen LogP contribution in [0.4, 0.5) is 0 Å². The van der Waals surface area contributed by atoms with E-state index in [-0.39, 0.29) is 11.7 Å². The van der Waals surface area contributed by atoms with E-state index < -0.39 is 5.91 Å². The highest BCUT2D eigenvalue weighted by molar-refractivity contribution is 6.35. The number of nitrogens with two attached hydrogens (primary N) is 1. The average molecular weight is 357 g/mol. The Labute approximate surface area is 149 Å². The van der Waals surface area contributed by atoms with Crippen LogP contribution in [0.3, 0.4) is 0 Å². The number of amides is 1. The van der Waals surface area contributed by atoms with Gasteiger partial charge in [0.05, 0.1) is 10.5 Å².